The van der Waals surface area contributed by atoms with Crippen molar-refractivity contribution in [1.82, 2.24) is 10.6 Å². The first-order valence-corrected chi connectivity index (χ1v) is 7.12. The summed E-state index contributed by atoms with van der Waals surface area (Å²) in [4.78, 5) is 24.5. The van der Waals surface area contributed by atoms with E-state index in [0.717, 1.165) is 5.56 Å². The van der Waals surface area contributed by atoms with Crippen LogP contribution in [0.15, 0.2) is 65.4 Å². The molecule has 0 atom stereocenters. The number of furan rings is 1. The zero-order valence-corrected chi connectivity index (χ0v) is 12.8. The maximum Gasteiger partial charge on any atom is 0.268 e. The number of carbonyl (C=O) groups is 2. The zero-order chi connectivity index (χ0) is 16.7. The summed E-state index contributed by atoms with van der Waals surface area (Å²) in [6, 6.07) is 10.5. The lowest BCUT2D eigenvalue weighted by Gasteiger charge is -2.10. The summed E-state index contributed by atoms with van der Waals surface area (Å²) in [5.74, 6) is -0.309. The third-order valence-corrected chi connectivity index (χ3v) is 3.04. The first-order valence-electron chi connectivity index (χ1n) is 7.12. The molecule has 0 aliphatic carbocycles. The van der Waals surface area contributed by atoms with Crippen LogP contribution in [0, 0.1) is 6.92 Å². The second-order valence-electron chi connectivity index (χ2n) is 4.89. The Kier molecular flexibility index (Phi) is 5.52. The van der Waals surface area contributed by atoms with Crippen molar-refractivity contribution in [3.05, 3.63) is 77.9 Å². The lowest BCUT2D eigenvalue weighted by atomic mass is 10.1. The fourth-order valence-electron chi connectivity index (χ4n) is 1.83. The third-order valence-electron chi connectivity index (χ3n) is 3.04. The largest absolute Gasteiger partial charge is 0.465 e. The van der Waals surface area contributed by atoms with E-state index >= 15 is 0 Å². The molecule has 2 rings (SSSR count). The minimum Gasteiger partial charge on any atom is -0.465 e. The van der Waals surface area contributed by atoms with Gasteiger partial charge in [0.2, 0.25) is 0 Å². The lowest BCUT2D eigenvalue weighted by Crippen LogP contribution is -2.34. The van der Waals surface area contributed by atoms with Crippen molar-refractivity contribution < 1.29 is 14.0 Å². The van der Waals surface area contributed by atoms with Crippen LogP contribution in [0.2, 0.25) is 0 Å². The molecule has 0 unspecified atom stereocenters. The first kappa shape index (κ1) is 16.3. The summed E-state index contributed by atoms with van der Waals surface area (Å²) >= 11 is 0. The summed E-state index contributed by atoms with van der Waals surface area (Å²) in [6.45, 7) is 5.78. The van der Waals surface area contributed by atoms with Gasteiger partial charge in [0.15, 0.2) is 0 Å². The molecular formula is C18H18N2O3. The van der Waals surface area contributed by atoms with Gasteiger partial charge < -0.3 is 15.1 Å². The number of aryl methyl sites for hydroxylation is 1. The molecule has 2 N–H and O–H groups in total. The van der Waals surface area contributed by atoms with E-state index in [0.29, 0.717) is 17.9 Å². The van der Waals surface area contributed by atoms with E-state index in [2.05, 4.69) is 17.2 Å². The normalized spacial score (nSPS) is 10.9. The SMILES string of the molecule is C=CCNC(=O)/C(=C/c1ccco1)NC(=O)c1ccc(C)cc1. The van der Waals surface area contributed by atoms with E-state index < -0.39 is 5.91 Å². The molecule has 118 valence electrons. The molecule has 5 heteroatoms. The maximum absolute atomic E-state index is 12.3. The molecule has 0 aliphatic rings. The van der Waals surface area contributed by atoms with Gasteiger partial charge in [-0.15, -0.1) is 6.58 Å². The van der Waals surface area contributed by atoms with Crippen LogP contribution in [0.3, 0.4) is 0 Å². The highest BCUT2D eigenvalue weighted by molar-refractivity contribution is 6.05. The Morgan fingerprint density at radius 2 is 1.96 bits per heavy atom. The van der Waals surface area contributed by atoms with E-state index in [4.69, 9.17) is 4.42 Å². The zero-order valence-electron chi connectivity index (χ0n) is 12.8. The van der Waals surface area contributed by atoms with Crippen LogP contribution >= 0.6 is 0 Å². The Morgan fingerprint density at radius 3 is 2.57 bits per heavy atom. The van der Waals surface area contributed by atoms with E-state index in [1.165, 1.54) is 12.3 Å². The molecule has 0 aliphatic heterocycles. The summed E-state index contributed by atoms with van der Waals surface area (Å²) in [6.07, 6.45) is 4.53. The Balaban J connectivity index is 2.19. The van der Waals surface area contributed by atoms with E-state index in [1.807, 2.05) is 19.1 Å². The van der Waals surface area contributed by atoms with Crippen LogP contribution in [0.1, 0.15) is 21.7 Å². The van der Waals surface area contributed by atoms with Gasteiger partial charge in [0.25, 0.3) is 11.8 Å². The minimum atomic E-state index is -0.415. The fraction of sp³-hybridized carbons (Fsp3) is 0.111. The van der Waals surface area contributed by atoms with Gasteiger partial charge in [0.1, 0.15) is 11.5 Å². The van der Waals surface area contributed by atoms with E-state index in [1.54, 1.807) is 30.3 Å². The average Bonchev–Trinajstić information content (AvgIpc) is 3.05. The molecule has 0 saturated carbocycles. The molecular weight excluding hydrogens is 292 g/mol. The smallest absolute Gasteiger partial charge is 0.268 e. The number of benzene rings is 1. The van der Waals surface area contributed by atoms with Gasteiger partial charge in [-0.25, -0.2) is 0 Å². The van der Waals surface area contributed by atoms with E-state index in [-0.39, 0.29) is 11.6 Å². The monoisotopic (exact) mass is 310 g/mol. The molecule has 2 aromatic rings. The van der Waals surface area contributed by atoms with Crippen molar-refractivity contribution in [2.75, 3.05) is 6.54 Å². The quantitative estimate of drug-likeness (QED) is 0.636. The Bertz CT molecular complexity index is 713. The molecule has 0 radical (unpaired) electrons. The number of hydrogen-bond acceptors (Lipinski definition) is 3. The predicted octanol–water partition coefficient (Wildman–Crippen LogP) is 2.66. The Labute approximate surface area is 134 Å². The van der Waals surface area contributed by atoms with E-state index in [9.17, 15) is 9.59 Å². The summed E-state index contributed by atoms with van der Waals surface area (Å²) in [5, 5.41) is 5.24. The molecule has 0 fully saturated rings. The lowest BCUT2D eigenvalue weighted by molar-refractivity contribution is -0.117. The number of carbonyl (C=O) groups excluding carboxylic acids is 2. The van der Waals surface area contributed by atoms with Crippen molar-refractivity contribution in [3.63, 3.8) is 0 Å². The van der Waals surface area contributed by atoms with Crippen molar-refractivity contribution in [3.8, 4) is 0 Å². The highest BCUT2D eigenvalue weighted by Crippen LogP contribution is 2.08. The van der Waals surface area contributed by atoms with Gasteiger partial charge in [0.05, 0.1) is 6.26 Å². The molecule has 2 amide bonds. The van der Waals surface area contributed by atoms with Gasteiger partial charge in [0, 0.05) is 18.2 Å². The van der Waals surface area contributed by atoms with Crippen LogP contribution < -0.4 is 10.6 Å². The number of hydrogen-bond donors (Lipinski definition) is 2. The fourth-order valence-corrected chi connectivity index (χ4v) is 1.83. The molecule has 1 aromatic heterocycles. The number of amides is 2. The van der Waals surface area contributed by atoms with Gasteiger partial charge in [-0.05, 0) is 31.2 Å². The highest BCUT2D eigenvalue weighted by Gasteiger charge is 2.14. The minimum absolute atomic E-state index is 0.104. The predicted molar refractivity (Wildman–Crippen MR) is 88.5 cm³/mol. The van der Waals surface area contributed by atoms with Gasteiger partial charge >= 0.3 is 0 Å². The van der Waals surface area contributed by atoms with Crippen LogP contribution in [0.25, 0.3) is 6.08 Å². The third kappa shape index (κ3) is 4.71. The average molecular weight is 310 g/mol. The van der Waals surface area contributed by atoms with Gasteiger partial charge in [-0.3, -0.25) is 9.59 Å². The Morgan fingerprint density at radius 1 is 1.22 bits per heavy atom. The van der Waals surface area contributed by atoms with Gasteiger partial charge in [-0.2, -0.15) is 0 Å². The molecule has 23 heavy (non-hydrogen) atoms. The Hall–Kier alpha value is -3.08. The van der Waals surface area contributed by atoms with Crippen molar-refractivity contribution >= 4 is 17.9 Å². The molecule has 1 aromatic carbocycles. The number of rotatable bonds is 6. The summed E-state index contributed by atoms with van der Waals surface area (Å²) in [7, 11) is 0. The molecule has 5 nitrogen and oxygen atoms in total. The van der Waals surface area contributed by atoms with Crippen molar-refractivity contribution in [2.45, 2.75) is 6.92 Å². The maximum atomic E-state index is 12.3. The van der Waals surface area contributed by atoms with Crippen molar-refractivity contribution in [2.24, 2.45) is 0 Å². The summed E-state index contributed by atoms with van der Waals surface area (Å²) in [5.41, 5.74) is 1.63. The topological polar surface area (TPSA) is 71.3 Å². The summed E-state index contributed by atoms with van der Waals surface area (Å²) < 4.78 is 5.19. The van der Waals surface area contributed by atoms with Crippen molar-refractivity contribution in [1.29, 1.82) is 0 Å². The number of nitrogens with one attached hydrogen (secondary N) is 2. The molecule has 0 saturated heterocycles. The first-order chi connectivity index (χ1) is 11.1. The highest BCUT2D eigenvalue weighted by atomic mass is 16.3. The standard InChI is InChI=1S/C18H18N2O3/c1-3-10-19-18(22)16(12-15-5-4-11-23-15)20-17(21)14-8-6-13(2)7-9-14/h3-9,11-12H,1,10H2,2H3,(H,19,22)(H,20,21)/b16-12-. The van der Waals surface area contributed by atoms with Gasteiger partial charge in [-0.1, -0.05) is 23.8 Å². The second kappa shape index (κ2) is 7.79. The molecule has 0 spiro atoms. The molecule has 1 heterocycles. The van der Waals surface area contributed by atoms with Crippen LogP contribution in [0.4, 0.5) is 0 Å². The van der Waals surface area contributed by atoms with Crippen LogP contribution in [-0.2, 0) is 4.79 Å². The van der Waals surface area contributed by atoms with Crippen LogP contribution in [0.5, 0.6) is 0 Å². The molecule has 0 bridgehead atoms. The second-order valence-corrected chi connectivity index (χ2v) is 4.89. The van der Waals surface area contributed by atoms with Crippen LogP contribution in [-0.4, -0.2) is 18.4 Å².